The van der Waals surface area contributed by atoms with Crippen LogP contribution in [0.15, 0.2) is 54.6 Å². The first-order valence-electron chi connectivity index (χ1n) is 9.50. The number of fused-ring (bicyclic) bond motifs is 1. The Labute approximate surface area is 168 Å². The molecule has 0 fully saturated rings. The monoisotopic (exact) mass is 387 g/mol. The number of carbonyl (C=O) groups is 1. The van der Waals surface area contributed by atoms with Crippen LogP contribution in [-0.4, -0.2) is 49.0 Å². The number of rotatable bonds is 6. The lowest BCUT2D eigenvalue weighted by atomic mass is 10.2. The number of amides is 1. The number of aromatic amines is 1. The van der Waals surface area contributed by atoms with Crippen LogP contribution in [-0.2, 0) is 0 Å². The summed E-state index contributed by atoms with van der Waals surface area (Å²) in [6, 6.07) is 17.5. The second-order valence-electron chi connectivity index (χ2n) is 6.39. The number of carbonyl (C=O) groups excluding carboxylic acids is 1. The molecule has 0 radical (unpaired) electrons. The first-order valence-corrected chi connectivity index (χ1v) is 9.50. The Morgan fingerprint density at radius 2 is 1.69 bits per heavy atom. The minimum Gasteiger partial charge on any atom is -0.336 e. The second kappa shape index (κ2) is 8.05. The fourth-order valence-electron chi connectivity index (χ4n) is 3.07. The van der Waals surface area contributed by atoms with E-state index in [-0.39, 0.29) is 11.7 Å². The van der Waals surface area contributed by atoms with Crippen LogP contribution in [0.2, 0.25) is 0 Å². The summed E-state index contributed by atoms with van der Waals surface area (Å²) >= 11 is 0. The fraction of sp³-hybridized carbons (Fsp3) is 0.190. The van der Waals surface area contributed by atoms with E-state index in [0.29, 0.717) is 30.7 Å². The van der Waals surface area contributed by atoms with Crippen molar-refractivity contribution in [3.8, 4) is 11.4 Å². The van der Waals surface area contributed by atoms with Crippen LogP contribution in [0.25, 0.3) is 22.3 Å². The van der Waals surface area contributed by atoms with Gasteiger partial charge in [-0.2, -0.15) is 4.98 Å². The van der Waals surface area contributed by atoms with E-state index in [0.717, 1.165) is 16.5 Å². The number of hydrogen-bond donors (Lipinski definition) is 2. The SMILES string of the molecule is CCN(CC)C(=O)c1n[nH]c(Nc2nc(-c3ccccc3)nc3ccccc23)n1. The molecule has 0 spiro atoms. The third-order valence-corrected chi connectivity index (χ3v) is 4.60. The van der Waals surface area contributed by atoms with E-state index in [4.69, 9.17) is 0 Å². The van der Waals surface area contributed by atoms with Gasteiger partial charge < -0.3 is 10.2 Å². The maximum Gasteiger partial charge on any atom is 0.293 e. The highest BCUT2D eigenvalue weighted by Gasteiger charge is 2.18. The first-order chi connectivity index (χ1) is 14.2. The maximum atomic E-state index is 12.5. The smallest absolute Gasteiger partial charge is 0.293 e. The Bertz CT molecular complexity index is 1140. The largest absolute Gasteiger partial charge is 0.336 e. The summed E-state index contributed by atoms with van der Waals surface area (Å²) in [6.07, 6.45) is 0. The molecule has 2 aromatic carbocycles. The molecule has 8 nitrogen and oxygen atoms in total. The van der Waals surface area contributed by atoms with Gasteiger partial charge in [-0.15, -0.1) is 5.10 Å². The van der Waals surface area contributed by atoms with E-state index in [1.165, 1.54) is 0 Å². The molecular formula is C21H21N7O. The molecule has 4 aromatic rings. The highest BCUT2D eigenvalue weighted by molar-refractivity contribution is 5.93. The van der Waals surface area contributed by atoms with Crippen LogP contribution < -0.4 is 5.32 Å². The lowest BCUT2D eigenvalue weighted by molar-refractivity contribution is 0.0761. The topological polar surface area (TPSA) is 99.7 Å². The zero-order chi connectivity index (χ0) is 20.2. The Balaban J connectivity index is 1.70. The minimum atomic E-state index is -0.211. The van der Waals surface area contributed by atoms with Gasteiger partial charge in [-0.05, 0) is 26.0 Å². The Morgan fingerprint density at radius 1 is 0.966 bits per heavy atom. The number of H-pyrrole nitrogens is 1. The molecule has 0 aliphatic heterocycles. The number of hydrogen-bond acceptors (Lipinski definition) is 6. The van der Waals surface area contributed by atoms with Crippen LogP contribution in [0.3, 0.4) is 0 Å². The molecule has 0 aliphatic rings. The van der Waals surface area contributed by atoms with Gasteiger partial charge in [0, 0.05) is 24.0 Å². The van der Waals surface area contributed by atoms with Gasteiger partial charge in [-0.3, -0.25) is 4.79 Å². The highest BCUT2D eigenvalue weighted by Crippen LogP contribution is 2.26. The zero-order valence-electron chi connectivity index (χ0n) is 16.3. The van der Waals surface area contributed by atoms with Crippen LogP contribution >= 0.6 is 0 Å². The van der Waals surface area contributed by atoms with Crippen LogP contribution in [0, 0.1) is 0 Å². The average molecular weight is 387 g/mol. The molecule has 0 bridgehead atoms. The molecule has 0 saturated carbocycles. The Kier molecular flexibility index (Phi) is 5.15. The molecule has 2 aromatic heterocycles. The maximum absolute atomic E-state index is 12.5. The number of nitrogens with zero attached hydrogens (tertiary/aromatic N) is 5. The van der Waals surface area contributed by atoms with Crippen LogP contribution in [0.4, 0.5) is 11.8 Å². The quantitative estimate of drug-likeness (QED) is 0.524. The van der Waals surface area contributed by atoms with Gasteiger partial charge in [-0.1, -0.05) is 42.5 Å². The number of benzene rings is 2. The molecule has 8 heteroatoms. The normalized spacial score (nSPS) is 10.8. The molecule has 0 unspecified atom stereocenters. The number of nitrogens with one attached hydrogen (secondary N) is 2. The van der Waals surface area contributed by atoms with Crippen molar-refractivity contribution in [3.63, 3.8) is 0 Å². The molecular weight excluding hydrogens is 366 g/mol. The lowest BCUT2D eigenvalue weighted by Crippen LogP contribution is -2.31. The molecule has 146 valence electrons. The van der Waals surface area contributed by atoms with E-state index in [2.05, 4.69) is 30.5 Å². The van der Waals surface area contributed by atoms with Gasteiger partial charge >= 0.3 is 0 Å². The summed E-state index contributed by atoms with van der Waals surface area (Å²) in [6.45, 7) is 5.05. The summed E-state index contributed by atoms with van der Waals surface area (Å²) in [4.78, 5) is 27.8. The highest BCUT2D eigenvalue weighted by atomic mass is 16.2. The number of para-hydroxylation sites is 1. The summed E-state index contributed by atoms with van der Waals surface area (Å²) in [5.74, 6) is 1.45. The van der Waals surface area contributed by atoms with Crippen molar-refractivity contribution in [1.29, 1.82) is 0 Å². The van der Waals surface area contributed by atoms with E-state index < -0.39 is 0 Å². The molecule has 2 N–H and O–H groups in total. The second-order valence-corrected chi connectivity index (χ2v) is 6.39. The molecule has 29 heavy (non-hydrogen) atoms. The molecule has 0 atom stereocenters. The van der Waals surface area contributed by atoms with Crippen LogP contribution in [0.1, 0.15) is 24.5 Å². The third kappa shape index (κ3) is 3.77. The Morgan fingerprint density at radius 3 is 2.45 bits per heavy atom. The lowest BCUT2D eigenvalue weighted by Gasteiger charge is -2.15. The predicted molar refractivity (Wildman–Crippen MR) is 112 cm³/mol. The van der Waals surface area contributed by atoms with E-state index in [1.807, 2.05) is 68.4 Å². The van der Waals surface area contributed by atoms with Crippen molar-refractivity contribution >= 4 is 28.6 Å². The van der Waals surface area contributed by atoms with Gasteiger partial charge in [0.05, 0.1) is 5.52 Å². The van der Waals surface area contributed by atoms with Crippen molar-refractivity contribution in [2.75, 3.05) is 18.4 Å². The van der Waals surface area contributed by atoms with Gasteiger partial charge in [0.25, 0.3) is 5.91 Å². The summed E-state index contributed by atoms with van der Waals surface area (Å²) in [5, 5.41) is 10.8. The van der Waals surface area contributed by atoms with Crippen molar-refractivity contribution < 1.29 is 4.79 Å². The summed E-state index contributed by atoms with van der Waals surface area (Å²) in [5.41, 5.74) is 1.72. The van der Waals surface area contributed by atoms with Gasteiger partial charge in [0.1, 0.15) is 5.82 Å². The predicted octanol–water partition coefficient (Wildman–Crippen LogP) is 3.64. The van der Waals surface area contributed by atoms with Crippen molar-refractivity contribution in [3.05, 3.63) is 60.4 Å². The van der Waals surface area contributed by atoms with Crippen molar-refractivity contribution in [2.45, 2.75) is 13.8 Å². The molecule has 2 heterocycles. The summed E-state index contributed by atoms with van der Waals surface area (Å²) < 4.78 is 0. The zero-order valence-corrected chi connectivity index (χ0v) is 16.3. The van der Waals surface area contributed by atoms with Gasteiger partial charge in [-0.25, -0.2) is 15.1 Å². The molecule has 4 rings (SSSR count). The fourth-order valence-corrected chi connectivity index (χ4v) is 3.07. The summed E-state index contributed by atoms with van der Waals surface area (Å²) in [7, 11) is 0. The van der Waals surface area contributed by atoms with Crippen molar-refractivity contribution in [2.24, 2.45) is 0 Å². The number of aromatic nitrogens is 5. The van der Waals surface area contributed by atoms with Gasteiger partial charge in [0.2, 0.25) is 11.8 Å². The Hall–Kier alpha value is -3.81. The van der Waals surface area contributed by atoms with Crippen molar-refractivity contribution in [1.82, 2.24) is 30.0 Å². The van der Waals surface area contributed by atoms with E-state index >= 15 is 0 Å². The average Bonchev–Trinajstić information content (AvgIpc) is 3.23. The minimum absolute atomic E-state index is 0.123. The molecule has 1 amide bonds. The van der Waals surface area contributed by atoms with Crippen LogP contribution in [0.5, 0.6) is 0 Å². The third-order valence-electron chi connectivity index (χ3n) is 4.60. The molecule has 0 saturated heterocycles. The molecule has 0 aliphatic carbocycles. The first kappa shape index (κ1) is 18.5. The van der Waals surface area contributed by atoms with E-state index in [1.54, 1.807) is 4.90 Å². The number of anilines is 2. The standard InChI is InChI=1S/C21H21N7O/c1-3-28(4-2)20(29)19-25-21(27-26-19)24-18-15-12-8-9-13-16(15)22-17(23-18)14-10-6-5-7-11-14/h5-13H,3-4H2,1-2H3,(H2,22,23,24,25,26,27). The van der Waals surface area contributed by atoms with E-state index in [9.17, 15) is 4.79 Å². The van der Waals surface area contributed by atoms with Gasteiger partial charge in [0.15, 0.2) is 5.82 Å².